The molecule has 0 spiro atoms. The quantitative estimate of drug-likeness (QED) is 0.653. The summed E-state index contributed by atoms with van der Waals surface area (Å²) in [6.45, 7) is 0. The Bertz CT molecular complexity index is 656. The van der Waals surface area contributed by atoms with Gasteiger partial charge in [0.25, 0.3) is 5.78 Å². The number of carboxylic acid groups (broad SMARTS) is 1. The van der Waals surface area contributed by atoms with E-state index in [9.17, 15) is 14.7 Å². The molecule has 4 nitrogen and oxygen atoms in total. The van der Waals surface area contributed by atoms with Crippen molar-refractivity contribution in [3.63, 3.8) is 0 Å². The first-order valence-corrected chi connectivity index (χ1v) is 5.23. The van der Waals surface area contributed by atoms with Crippen molar-refractivity contribution >= 4 is 28.6 Å². The third-order valence-electron chi connectivity index (χ3n) is 2.54. The maximum Gasteiger partial charge on any atom is 0.376 e. The lowest BCUT2D eigenvalue weighted by Crippen LogP contribution is -2.08. The molecule has 0 fully saturated rings. The second-order valence-electron chi connectivity index (χ2n) is 3.71. The molecule has 1 N–H and O–H groups in total. The van der Waals surface area contributed by atoms with Crippen LogP contribution in [0.3, 0.4) is 0 Å². The molecule has 0 atom stereocenters. The zero-order valence-corrected chi connectivity index (χ0v) is 9.29. The zero-order valence-electron chi connectivity index (χ0n) is 9.29. The molecule has 0 unspecified atom stereocenters. The Labute approximate surface area is 103 Å². The Morgan fingerprint density at radius 3 is 2.56 bits per heavy atom. The topological polar surface area (TPSA) is 77.4 Å². The summed E-state index contributed by atoms with van der Waals surface area (Å²) in [5.74, 6) is -2.82. The molecule has 0 aliphatic rings. The molecule has 0 aliphatic carbocycles. The van der Waals surface area contributed by atoms with Gasteiger partial charge >= 0.3 is 5.97 Å². The predicted octanol–water partition coefficient (Wildman–Crippen LogP) is 1.58. The van der Waals surface area contributed by atoms with Crippen LogP contribution in [0.25, 0.3) is 16.8 Å². The summed E-state index contributed by atoms with van der Waals surface area (Å²) in [6.07, 6.45) is 2.11. The highest BCUT2D eigenvalue weighted by Gasteiger charge is 2.05. The van der Waals surface area contributed by atoms with Crippen molar-refractivity contribution in [2.45, 2.75) is 0 Å². The minimum Gasteiger partial charge on any atom is -0.872 e. The fourth-order valence-corrected chi connectivity index (χ4v) is 1.63. The van der Waals surface area contributed by atoms with E-state index in [1.807, 2.05) is 12.1 Å². The molecule has 2 rings (SSSR count). The van der Waals surface area contributed by atoms with Crippen molar-refractivity contribution in [2.24, 2.45) is 0 Å². The minimum absolute atomic E-state index is 0.220. The van der Waals surface area contributed by atoms with E-state index < -0.39 is 11.8 Å². The van der Waals surface area contributed by atoms with Gasteiger partial charge in [0, 0.05) is 0 Å². The van der Waals surface area contributed by atoms with Crippen LogP contribution in [-0.2, 0) is 9.59 Å². The molecule has 90 valence electrons. The number of ketones is 1. The van der Waals surface area contributed by atoms with Crippen molar-refractivity contribution < 1.29 is 19.8 Å². The maximum atomic E-state index is 12.0. The van der Waals surface area contributed by atoms with Gasteiger partial charge in [-0.1, -0.05) is 48.2 Å². The Morgan fingerprint density at radius 1 is 1.11 bits per heavy atom. The van der Waals surface area contributed by atoms with E-state index >= 15 is 0 Å². The maximum absolute atomic E-state index is 12.0. The smallest absolute Gasteiger partial charge is 0.376 e. The van der Waals surface area contributed by atoms with Crippen LogP contribution in [0.1, 0.15) is 5.56 Å². The highest BCUT2D eigenvalue weighted by molar-refractivity contribution is 6.38. The summed E-state index contributed by atoms with van der Waals surface area (Å²) in [5.41, 5.74) is 0.295. The first-order chi connectivity index (χ1) is 8.59. The average molecular weight is 241 g/mol. The van der Waals surface area contributed by atoms with Crippen LogP contribution in [-0.4, -0.2) is 16.9 Å². The number of hydrogen-bond acceptors (Lipinski definition) is 3. The largest absolute Gasteiger partial charge is 0.872 e. The average Bonchev–Trinajstić information content (AvgIpc) is 2.38. The SMILES string of the molecule is O=C(O)C(=O)/C=C/c1ccc2ccccc2c1[O-]. The molecule has 0 aliphatic heterocycles. The summed E-state index contributed by atoms with van der Waals surface area (Å²) in [5, 5.41) is 21.8. The third kappa shape index (κ3) is 2.22. The monoisotopic (exact) mass is 241 g/mol. The second-order valence-corrected chi connectivity index (χ2v) is 3.71. The van der Waals surface area contributed by atoms with E-state index in [1.54, 1.807) is 24.3 Å². The van der Waals surface area contributed by atoms with Crippen LogP contribution in [0.15, 0.2) is 42.5 Å². The molecule has 4 heteroatoms. The van der Waals surface area contributed by atoms with Gasteiger partial charge in [0.2, 0.25) is 0 Å². The van der Waals surface area contributed by atoms with Gasteiger partial charge in [-0.3, -0.25) is 4.79 Å². The Hall–Kier alpha value is -2.62. The lowest BCUT2D eigenvalue weighted by Gasteiger charge is -2.14. The first-order valence-electron chi connectivity index (χ1n) is 5.23. The van der Waals surface area contributed by atoms with E-state index in [4.69, 9.17) is 5.11 Å². The van der Waals surface area contributed by atoms with E-state index in [2.05, 4.69) is 0 Å². The Balaban J connectivity index is 2.44. The molecule has 0 amide bonds. The minimum atomic E-state index is -1.54. The highest BCUT2D eigenvalue weighted by atomic mass is 16.4. The lowest BCUT2D eigenvalue weighted by molar-refractivity contribution is -0.266. The molecule has 0 saturated heterocycles. The van der Waals surface area contributed by atoms with Crippen LogP contribution < -0.4 is 5.11 Å². The molecule has 0 heterocycles. The number of rotatable bonds is 3. The number of benzene rings is 2. The van der Waals surface area contributed by atoms with Gasteiger partial charge in [0.05, 0.1) is 0 Å². The fourth-order valence-electron chi connectivity index (χ4n) is 1.63. The Morgan fingerprint density at radius 2 is 1.83 bits per heavy atom. The van der Waals surface area contributed by atoms with Gasteiger partial charge in [-0.2, -0.15) is 0 Å². The number of hydrogen-bond donors (Lipinski definition) is 1. The van der Waals surface area contributed by atoms with Crippen LogP contribution in [0.5, 0.6) is 5.75 Å². The van der Waals surface area contributed by atoms with E-state index in [0.717, 1.165) is 11.5 Å². The molecule has 0 saturated carbocycles. The number of carboxylic acids is 1. The van der Waals surface area contributed by atoms with E-state index in [1.165, 1.54) is 6.08 Å². The van der Waals surface area contributed by atoms with Crippen LogP contribution in [0, 0.1) is 0 Å². The molecule has 0 bridgehead atoms. The van der Waals surface area contributed by atoms with Gasteiger partial charge in [-0.05, 0) is 22.4 Å². The molecule has 0 aromatic heterocycles. The second kappa shape index (κ2) is 4.71. The van der Waals surface area contributed by atoms with Crippen molar-refractivity contribution in [3.05, 3.63) is 48.0 Å². The molecular weight excluding hydrogens is 232 g/mol. The van der Waals surface area contributed by atoms with Crippen molar-refractivity contribution in [1.29, 1.82) is 0 Å². The first kappa shape index (κ1) is 11.9. The number of carbonyl (C=O) groups is 2. The van der Waals surface area contributed by atoms with Gasteiger partial charge in [0.15, 0.2) is 0 Å². The van der Waals surface area contributed by atoms with Gasteiger partial charge in [-0.15, -0.1) is 0 Å². The van der Waals surface area contributed by atoms with Gasteiger partial charge in [0.1, 0.15) is 0 Å². The molecule has 0 radical (unpaired) electrons. The molecule has 18 heavy (non-hydrogen) atoms. The van der Waals surface area contributed by atoms with Crippen molar-refractivity contribution in [1.82, 2.24) is 0 Å². The highest BCUT2D eigenvalue weighted by Crippen LogP contribution is 2.26. The molecule has 2 aromatic carbocycles. The summed E-state index contributed by atoms with van der Waals surface area (Å²) in [7, 11) is 0. The van der Waals surface area contributed by atoms with Crippen LogP contribution in [0.2, 0.25) is 0 Å². The fraction of sp³-hybridized carbons (Fsp3) is 0. The summed E-state index contributed by atoms with van der Waals surface area (Å²) < 4.78 is 0. The van der Waals surface area contributed by atoms with Gasteiger partial charge in [-0.25, -0.2) is 4.79 Å². The summed E-state index contributed by atoms with van der Waals surface area (Å²) in [6, 6.07) is 10.4. The molecule has 2 aromatic rings. The molecular formula is C14H9O4-. The van der Waals surface area contributed by atoms with E-state index in [-0.39, 0.29) is 5.75 Å². The summed E-state index contributed by atoms with van der Waals surface area (Å²) >= 11 is 0. The number of aliphatic carboxylic acids is 1. The van der Waals surface area contributed by atoms with Crippen molar-refractivity contribution in [2.75, 3.05) is 0 Å². The van der Waals surface area contributed by atoms with Crippen molar-refractivity contribution in [3.8, 4) is 5.75 Å². The van der Waals surface area contributed by atoms with E-state index in [0.29, 0.717) is 10.9 Å². The van der Waals surface area contributed by atoms with Crippen LogP contribution >= 0.6 is 0 Å². The van der Waals surface area contributed by atoms with Gasteiger partial charge < -0.3 is 10.2 Å². The van der Waals surface area contributed by atoms with Crippen LogP contribution in [0.4, 0.5) is 0 Å². The standard InChI is InChI=1S/C14H10O4/c15-12(14(17)18)8-7-10-6-5-9-3-1-2-4-11(9)13(10)16/h1-8,16H,(H,17,18)/p-1/b8-7+. The Kier molecular flexibility index (Phi) is 3.10. The lowest BCUT2D eigenvalue weighted by atomic mass is 10.0. The summed E-state index contributed by atoms with van der Waals surface area (Å²) in [4.78, 5) is 21.2. The normalized spacial score (nSPS) is 10.9. The third-order valence-corrected chi connectivity index (χ3v) is 2.54. The zero-order chi connectivity index (χ0) is 13.1. The number of fused-ring (bicyclic) bond motifs is 1. The predicted molar refractivity (Wildman–Crippen MR) is 65.1 cm³/mol. The number of carbonyl (C=O) groups excluding carboxylic acids is 1.